The highest BCUT2D eigenvalue weighted by Gasteiger charge is 2.06. The molecule has 0 aliphatic carbocycles. The molecule has 1 heterocycles. The van der Waals surface area contributed by atoms with Crippen LogP contribution in [-0.4, -0.2) is 40.3 Å². The van der Waals surface area contributed by atoms with E-state index < -0.39 is 0 Å². The summed E-state index contributed by atoms with van der Waals surface area (Å²) >= 11 is 1.76. The number of rotatable bonds is 6. The molecule has 5 heteroatoms. The van der Waals surface area contributed by atoms with Crippen LogP contribution in [0.5, 0.6) is 0 Å². The average molecular weight is 215 g/mol. The summed E-state index contributed by atoms with van der Waals surface area (Å²) in [4.78, 5) is 1.17. The lowest BCUT2D eigenvalue weighted by Gasteiger charge is -2.13. The van der Waals surface area contributed by atoms with Crippen LogP contribution >= 0.6 is 11.8 Å². The van der Waals surface area contributed by atoms with Crippen LogP contribution in [0.4, 0.5) is 0 Å². The van der Waals surface area contributed by atoms with E-state index in [4.69, 9.17) is 5.11 Å². The van der Waals surface area contributed by atoms with Gasteiger partial charge < -0.3 is 10.4 Å². The molecule has 1 aromatic rings. The minimum Gasteiger partial charge on any atom is -0.396 e. The summed E-state index contributed by atoms with van der Waals surface area (Å²) < 4.78 is 1.79. The number of aliphatic hydroxyl groups is 1. The molecule has 0 aliphatic rings. The van der Waals surface area contributed by atoms with E-state index in [9.17, 15) is 0 Å². The van der Waals surface area contributed by atoms with Crippen molar-refractivity contribution in [3.8, 4) is 0 Å². The van der Waals surface area contributed by atoms with Gasteiger partial charge >= 0.3 is 0 Å². The maximum absolute atomic E-state index is 8.80. The van der Waals surface area contributed by atoms with E-state index in [-0.39, 0.29) is 6.61 Å². The monoisotopic (exact) mass is 215 g/mol. The molecule has 1 rings (SSSR count). The molecule has 0 aliphatic heterocycles. The Bertz CT molecular complexity index is 264. The van der Waals surface area contributed by atoms with Crippen molar-refractivity contribution in [2.75, 3.05) is 19.4 Å². The van der Waals surface area contributed by atoms with Crippen molar-refractivity contribution in [3.63, 3.8) is 0 Å². The third kappa shape index (κ3) is 3.69. The topological polar surface area (TPSA) is 50.1 Å². The van der Waals surface area contributed by atoms with Gasteiger partial charge in [0.05, 0.1) is 6.20 Å². The molecule has 0 radical (unpaired) electrons. The number of aliphatic hydroxyl groups excluding tert-OH is 1. The maximum Gasteiger partial charge on any atom is 0.0625 e. The molecule has 0 spiro atoms. The minimum atomic E-state index is 0.235. The van der Waals surface area contributed by atoms with Gasteiger partial charge in [-0.3, -0.25) is 4.68 Å². The van der Waals surface area contributed by atoms with E-state index in [1.54, 1.807) is 16.4 Å². The third-order valence-corrected chi connectivity index (χ3v) is 3.13. The van der Waals surface area contributed by atoms with Gasteiger partial charge in [-0.15, -0.1) is 11.8 Å². The van der Waals surface area contributed by atoms with Crippen molar-refractivity contribution in [2.24, 2.45) is 7.05 Å². The number of thioether (sulfide) groups is 1. The maximum atomic E-state index is 8.80. The fourth-order valence-electron chi connectivity index (χ4n) is 1.14. The molecule has 1 unspecified atom stereocenters. The highest BCUT2D eigenvalue weighted by atomic mass is 32.2. The molecule has 0 bridgehead atoms. The molecule has 2 N–H and O–H groups in total. The van der Waals surface area contributed by atoms with E-state index in [2.05, 4.69) is 10.4 Å². The smallest absolute Gasteiger partial charge is 0.0625 e. The fourth-order valence-corrected chi connectivity index (χ4v) is 2.21. The first-order valence-electron chi connectivity index (χ1n) is 4.66. The predicted molar refractivity (Wildman–Crippen MR) is 58.5 cm³/mol. The van der Waals surface area contributed by atoms with Gasteiger partial charge in [-0.1, -0.05) is 0 Å². The van der Waals surface area contributed by atoms with Gasteiger partial charge in [0.1, 0.15) is 0 Å². The number of hydrogen-bond donors (Lipinski definition) is 2. The van der Waals surface area contributed by atoms with Crippen LogP contribution < -0.4 is 5.32 Å². The van der Waals surface area contributed by atoms with Crippen LogP contribution in [0.15, 0.2) is 17.3 Å². The summed E-state index contributed by atoms with van der Waals surface area (Å²) in [6, 6.07) is 0.366. The number of aromatic nitrogens is 2. The molecule has 1 aromatic heterocycles. The van der Waals surface area contributed by atoms with Gasteiger partial charge in [0.25, 0.3) is 0 Å². The molecule has 0 fully saturated rings. The summed E-state index contributed by atoms with van der Waals surface area (Å²) in [6.07, 6.45) is 4.65. The molecule has 1 atom stereocenters. The molecular weight excluding hydrogens is 198 g/mol. The van der Waals surface area contributed by atoms with E-state index in [1.165, 1.54) is 4.90 Å². The van der Waals surface area contributed by atoms with Crippen LogP contribution in [0.2, 0.25) is 0 Å². The zero-order valence-electron chi connectivity index (χ0n) is 8.60. The second kappa shape index (κ2) is 6.06. The molecule has 80 valence electrons. The summed E-state index contributed by atoms with van der Waals surface area (Å²) in [5.74, 6) is 0.961. The normalized spacial score (nSPS) is 13.1. The van der Waals surface area contributed by atoms with Crippen LogP contribution in [0.3, 0.4) is 0 Å². The number of nitrogens with one attached hydrogen (secondary N) is 1. The van der Waals surface area contributed by atoms with Crippen molar-refractivity contribution >= 4 is 11.8 Å². The predicted octanol–water partition coefficient (Wildman–Crippen LogP) is 0.483. The van der Waals surface area contributed by atoms with Crippen LogP contribution in [0.25, 0.3) is 0 Å². The second-order valence-electron chi connectivity index (χ2n) is 3.16. The summed E-state index contributed by atoms with van der Waals surface area (Å²) in [7, 11) is 3.83. The third-order valence-electron chi connectivity index (χ3n) is 2.02. The molecular formula is C9H17N3OS. The zero-order chi connectivity index (χ0) is 10.4. The van der Waals surface area contributed by atoms with Gasteiger partial charge in [-0.25, -0.2) is 0 Å². The summed E-state index contributed by atoms with van der Waals surface area (Å²) in [5, 5.41) is 16.1. The van der Waals surface area contributed by atoms with Gasteiger partial charge in [0, 0.05) is 36.5 Å². The largest absolute Gasteiger partial charge is 0.396 e. The average Bonchev–Trinajstić information content (AvgIpc) is 2.59. The van der Waals surface area contributed by atoms with E-state index in [0.717, 1.165) is 12.2 Å². The van der Waals surface area contributed by atoms with Crippen LogP contribution in [0, 0.1) is 0 Å². The van der Waals surface area contributed by atoms with Gasteiger partial charge in [-0.2, -0.15) is 5.10 Å². The SMILES string of the molecule is CNC(CCO)CSc1cnn(C)c1. The van der Waals surface area contributed by atoms with Crippen LogP contribution in [-0.2, 0) is 7.05 Å². The first-order chi connectivity index (χ1) is 6.76. The Labute approximate surface area is 88.7 Å². The Morgan fingerprint density at radius 3 is 3.00 bits per heavy atom. The number of hydrogen-bond acceptors (Lipinski definition) is 4. The lowest BCUT2D eigenvalue weighted by Crippen LogP contribution is -2.28. The Kier molecular flexibility index (Phi) is 5.00. The van der Waals surface area contributed by atoms with Crippen LogP contribution in [0.1, 0.15) is 6.42 Å². The first kappa shape index (κ1) is 11.6. The lowest BCUT2D eigenvalue weighted by atomic mass is 10.2. The summed E-state index contributed by atoms with van der Waals surface area (Å²) in [5.41, 5.74) is 0. The van der Waals surface area contributed by atoms with Crippen molar-refractivity contribution < 1.29 is 5.11 Å². The Balaban J connectivity index is 2.31. The number of nitrogens with zero attached hydrogens (tertiary/aromatic N) is 2. The molecule has 14 heavy (non-hydrogen) atoms. The molecule has 4 nitrogen and oxygen atoms in total. The van der Waals surface area contributed by atoms with E-state index >= 15 is 0 Å². The fraction of sp³-hybridized carbons (Fsp3) is 0.667. The highest BCUT2D eigenvalue weighted by Crippen LogP contribution is 2.17. The lowest BCUT2D eigenvalue weighted by molar-refractivity contribution is 0.273. The highest BCUT2D eigenvalue weighted by molar-refractivity contribution is 7.99. The number of aryl methyl sites for hydroxylation is 1. The standard InChI is InChI=1S/C9H17N3OS/c1-10-8(3-4-13)7-14-9-5-11-12(2)6-9/h5-6,8,10,13H,3-4,7H2,1-2H3. The van der Waals surface area contributed by atoms with Crippen molar-refractivity contribution in [1.29, 1.82) is 0 Å². The summed E-state index contributed by atoms with van der Waals surface area (Å²) in [6.45, 7) is 0.235. The van der Waals surface area contributed by atoms with E-state index in [0.29, 0.717) is 6.04 Å². The van der Waals surface area contributed by atoms with Gasteiger partial charge in [-0.05, 0) is 13.5 Å². The first-order valence-corrected chi connectivity index (χ1v) is 5.64. The molecule has 0 amide bonds. The second-order valence-corrected chi connectivity index (χ2v) is 4.25. The molecule has 0 aromatic carbocycles. The van der Waals surface area contributed by atoms with E-state index in [1.807, 2.05) is 26.5 Å². The van der Waals surface area contributed by atoms with Crippen molar-refractivity contribution in [2.45, 2.75) is 17.4 Å². The van der Waals surface area contributed by atoms with Gasteiger partial charge in [0.15, 0.2) is 0 Å². The molecule has 0 saturated carbocycles. The molecule has 0 saturated heterocycles. The Morgan fingerprint density at radius 2 is 2.50 bits per heavy atom. The zero-order valence-corrected chi connectivity index (χ0v) is 9.42. The minimum absolute atomic E-state index is 0.235. The quantitative estimate of drug-likeness (QED) is 0.678. The Morgan fingerprint density at radius 1 is 1.71 bits per heavy atom. The van der Waals surface area contributed by atoms with Crippen molar-refractivity contribution in [3.05, 3.63) is 12.4 Å². The Hall–Kier alpha value is -0.520. The van der Waals surface area contributed by atoms with Crippen molar-refractivity contribution in [1.82, 2.24) is 15.1 Å². The van der Waals surface area contributed by atoms with Gasteiger partial charge in [0.2, 0.25) is 0 Å².